The zero-order chi connectivity index (χ0) is 23.8. The molecular weight excluding hydrogens is 464 g/mol. The van der Waals surface area contributed by atoms with Crippen LogP contribution >= 0.6 is 11.6 Å². The van der Waals surface area contributed by atoms with Crippen LogP contribution in [0.3, 0.4) is 0 Å². The van der Waals surface area contributed by atoms with Crippen LogP contribution in [0.2, 0.25) is 5.15 Å². The van der Waals surface area contributed by atoms with Gasteiger partial charge in [0.1, 0.15) is 17.0 Å². The largest absolute Gasteiger partial charge is 0.418 e. The van der Waals surface area contributed by atoms with Gasteiger partial charge in [-0.3, -0.25) is 4.98 Å². The van der Waals surface area contributed by atoms with E-state index in [0.29, 0.717) is 12.0 Å². The predicted octanol–water partition coefficient (Wildman–Crippen LogP) is 5.92. The second-order valence-corrected chi connectivity index (χ2v) is 7.26. The van der Waals surface area contributed by atoms with E-state index in [0.717, 1.165) is 29.8 Å². The highest BCUT2D eigenvalue weighted by Crippen LogP contribution is 2.42. The van der Waals surface area contributed by atoms with E-state index in [9.17, 15) is 26.3 Å². The summed E-state index contributed by atoms with van der Waals surface area (Å²) >= 11 is 6.26. The summed E-state index contributed by atoms with van der Waals surface area (Å²) in [6.45, 7) is 2.63. The number of fused-ring (bicyclic) bond motifs is 1. The molecule has 0 aromatic carbocycles. The molecule has 0 saturated heterocycles. The van der Waals surface area contributed by atoms with E-state index in [4.69, 9.17) is 16.3 Å². The lowest BCUT2D eigenvalue weighted by molar-refractivity contribution is -0.139. The molecule has 174 valence electrons. The first-order valence-corrected chi connectivity index (χ1v) is 9.73. The van der Waals surface area contributed by atoms with E-state index in [1.54, 1.807) is 0 Å². The van der Waals surface area contributed by atoms with Crippen molar-refractivity contribution < 1.29 is 31.1 Å². The van der Waals surface area contributed by atoms with E-state index in [2.05, 4.69) is 20.4 Å². The second kappa shape index (κ2) is 8.74. The Kier molecular flexibility index (Phi) is 6.57. The quantitative estimate of drug-likeness (QED) is 0.349. The molecule has 0 radical (unpaired) electrons. The normalized spacial score (nSPS) is 14.6. The number of aromatic nitrogens is 4. The van der Waals surface area contributed by atoms with Crippen LogP contribution in [0.5, 0.6) is 0 Å². The molecule has 2 atom stereocenters. The standard InChI is InChI=1S/C19H18ClF6N5O/c1-4-12(32-3)10-8-28-31-16(10)30-15(20)13(17(31)29-9(2)18(21,22)23)14-11(19(24,25)26)6-5-7-27-14/h5-9,12,29H,4H2,1-3H3. The van der Waals surface area contributed by atoms with Gasteiger partial charge in [-0.2, -0.15) is 36.0 Å². The van der Waals surface area contributed by atoms with Crippen LogP contribution in [0.1, 0.15) is 37.5 Å². The van der Waals surface area contributed by atoms with Gasteiger partial charge in [0.05, 0.1) is 29.1 Å². The third-order valence-corrected chi connectivity index (χ3v) is 5.10. The first kappa shape index (κ1) is 24.1. The fraction of sp³-hybridized carbons (Fsp3) is 0.421. The molecule has 0 aliphatic heterocycles. The summed E-state index contributed by atoms with van der Waals surface area (Å²) in [5, 5.41) is 5.80. The predicted molar refractivity (Wildman–Crippen MR) is 105 cm³/mol. The maximum absolute atomic E-state index is 13.6. The molecule has 0 amide bonds. The molecule has 1 N–H and O–H groups in total. The van der Waals surface area contributed by atoms with Crippen molar-refractivity contribution in [1.82, 2.24) is 19.6 Å². The van der Waals surface area contributed by atoms with Gasteiger partial charge in [-0.1, -0.05) is 18.5 Å². The Hall–Kier alpha value is -2.60. The fourth-order valence-electron chi connectivity index (χ4n) is 3.19. The monoisotopic (exact) mass is 481 g/mol. The van der Waals surface area contributed by atoms with E-state index in [1.807, 2.05) is 6.92 Å². The minimum absolute atomic E-state index is 0.0498. The van der Waals surface area contributed by atoms with Crippen molar-refractivity contribution in [2.75, 3.05) is 12.4 Å². The number of methoxy groups -OCH3 is 1. The van der Waals surface area contributed by atoms with E-state index >= 15 is 0 Å². The molecule has 13 heteroatoms. The molecule has 3 rings (SSSR count). The van der Waals surface area contributed by atoms with Crippen molar-refractivity contribution in [2.24, 2.45) is 0 Å². The van der Waals surface area contributed by atoms with Gasteiger partial charge in [-0.15, -0.1) is 0 Å². The summed E-state index contributed by atoms with van der Waals surface area (Å²) < 4.78 is 87.2. The number of alkyl halides is 6. The van der Waals surface area contributed by atoms with Gasteiger partial charge in [0.15, 0.2) is 5.65 Å². The summed E-state index contributed by atoms with van der Waals surface area (Å²) in [4.78, 5) is 7.90. The smallest absolute Gasteiger partial charge is 0.377 e. The van der Waals surface area contributed by atoms with Crippen molar-refractivity contribution in [3.05, 3.63) is 40.8 Å². The van der Waals surface area contributed by atoms with Gasteiger partial charge in [0.25, 0.3) is 0 Å². The second-order valence-electron chi connectivity index (χ2n) is 6.90. The molecule has 0 aliphatic carbocycles. The van der Waals surface area contributed by atoms with Crippen molar-refractivity contribution in [3.63, 3.8) is 0 Å². The van der Waals surface area contributed by atoms with Crippen LogP contribution in [0.25, 0.3) is 16.9 Å². The summed E-state index contributed by atoms with van der Waals surface area (Å²) in [5.41, 5.74) is -1.84. The number of hydrogen-bond acceptors (Lipinski definition) is 5. The molecule has 2 unspecified atom stereocenters. The first-order chi connectivity index (χ1) is 14.9. The van der Waals surface area contributed by atoms with Crippen LogP contribution in [0.15, 0.2) is 24.5 Å². The summed E-state index contributed by atoms with van der Waals surface area (Å²) in [6.07, 6.45) is -7.16. The van der Waals surface area contributed by atoms with Crippen LogP contribution in [0, 0.1) is 0 Å². The Morgan fingerprint density at radius 3 is 2.47 bits per heavy atom. The van der Waals surface area contributed by atoms with Gasteiger partial charge in [0, 0.05) is 18.9 Å². The Morgan fingerprint density at radius 2 is 1.91 bits per heavy atom. The average Bonchev–Trinajstić information content (AvgIpc) is 3.11. The molecule has 0 spiro atoms. The number of nitrogens with one attached hydrogen (secondary N) is 1. The number of hydrogen-bond donors (Lipinski definition) is 1. The lowest BCUT2D eigenvalue weighted by Gasteiger charge is -2.22. The van der Waals surface area contributed by atoms with Gasteiger partial charge in [-0.05, 0) is 25.5 Å². The molecule has 3 aromatic rings. The Morgan fingerprint density at radius 1 is 1.22 bits per heavy atom. The van der Waals surface area contributed by atoms with Gasteiger partial charge >= 0.3 is 12.4 Å². The minimum Gasteiger partial charge on any atom is -0.377 e. The van der Waals surface area contributed by atoms with E-state index in [1.165, 1.54) is 13.3 Å². The maximum atomic E-state index is 13.6. The zero-order valence-corrected chi connectivity index (χ0v) is 17.8. The van der Waals surface area contributed by atoms with Crippen LogP contribution in [-0.4, -0.2) is 38.9 Å². The topological polar surface area (TPSA) is 64.3 Å². The van der Waals surface area contributed by atoms with Crippen LogP contribution in [-0.2, 0) is 10.9 Å². The highest BCUT2D eigenvalue weighted by Gasteiger charge is 2.39. The summed E-state index contributed by atoms with van der Waals surface area (Å²) in [5.74, 6) is -0.425. The Bertz CT molecular complexity index is 1110. The van der Waals surface area contributed by atoms with Crippen molar-refractivity contribution in [2.45, 2.75) is 44.8 Å². The van der Waals surface area contributed by atoms with Crippen LogP contribution < -0.4 is 5.32 Å². The highest BCUT2D eigenvalue weighted by molar-refractivity contribution is 6.33. The molecule has 3 heterocycles. The fourth-order valence-corrected chi connectivity index (χ4v) is 3.45. The molecule has 32 heavy (non-hydrogen) atoms. The number of rotatable bonds is 6. The molecule has 3 aromatic heterocycles. The SMILES string of the molecule is CCC(OC)c1cnn2c(NC(C)C(F)(F)F)c(-c3ncccc3C(F)(F)F)c(Cl)nc12. The molecule has 0 fully saturated rings. The van der Waals surface area contributed by atoms with E-state index in [-0.39, 0.29) is 5.65 Å². The number of halogens is 7. The number of nitrogens with zero attached hydrogens (tertiary/aromatic N) is 4. The third kappa shape index (κ3) is 4.46. The summed E-state index contributed by atoms with van der Waals surface area (Å²) in [7, 11) is 1.43. The summed E-state index contributed by atoms with van der Waals surface area (Å²) in [6, 6.07) is -0.321. The zero-order valence-electron chi connectivity index (χ0n) is 17.0. The van der Waals surface area contributed by atoms with E-state index < -0.39 is 52.3 Å². The van der Waals surface area contributed by atoms with Crippen LogP contribution in [0.4, 0.5) is 32.2 Å². The number of pyridine rings is 1. The minimum atomic E-state index is -4.84. The number of anilines is 1. The number of ether oxygens (including phenoxy) is 1. The molecule has 0 bridgehead atoms. The molecular formula is C19H18ClF6N5O. The maximum Gasteiger partial charge on any atom is 0.418 e. The van der Waals surface area contributed by atoms with Crippen molar-refractivity contribution in [3.8, 4) is 11.3 Å². The first-order valence-electron chi connectivity index (χ1n) is 9.35. The molecule has 0 aliphatic rings. The lowest BCUT2D eigenvalue weighted by atomic mass is 10.1. The molecule has 0 saturated carbocycles. The average molecular weight is 482 g/mol. The lowest BCUT2D eigenvalue weighted by Crippen LogP contribution is -2.34. The van der Waals surface area contributed by atoms with Crippen molar-refractivity contribution in [1.29, 1.82) is 0 Å². The van der Waals surface area contributed by atoms with Crippen molar-refractivity contribution >= 4 is 23.1 Å². The molecule has 6 nitrogen and oxygen atoms in total. The third-order valence-electron chi connectivity index (χ3n) is 4.83. The Balaban J connectivity index is 2.37. The van der Waals surface area contributed by atoms with Gasteiger partial charge in [0.2, 0.25) is 0 Å². The van der Waals surface area contributed by atoms with Gasteiger partial charge < -0.3 is 10.1 Å². The van der Waals surface area contributed by atoms with Gasteiger partial charge in [-0.25, -0.2) is 4.98 Å². The highest BCUT2D eigenvalue weighted by atomic mass is 35.5. The Labute approximate surface area is 183 Å².